The highest BCUT2D eigenvalue weighted by Crippen LogP contribution is 2.24. The predicted molar refractivity (Wildman–Crippen MR) is 80.7 cm³/mol. The quantitative estimate of drug-likeness (QED) is 0.851. The molecule has 0 radical (unpaired) electrons. The molecule has 0 saturated carbocycles. The number of carbonyl (C=O) groups is 2. The first-order chi connectivity index (χ1) is 10.4. The minimum absolute atomic E-state index is 0.0231. The van der Waals surface area contributed by atoms with Gasteiger partial charge in [-0.3, -0.25) is 9.59 Å². The Morgan fingerprint density at radius 3 is 2.55 bits per heavy atom. The molecule has 1 N–H and O–H groups in total. The van der Waals surface area contributed by atoms with Crippen LogP contribution in [0.15, 0.2) is 12.1 Å². The summed E-state index contributed by atoms with van der Waals surface area (Å²) in [6, 6.07) is 1.36. The van der Waals surface area contributed by atoms with Crippen LogP contribution in [0.5, 0.6) is 0 Å². The van der Waals surface area contributed by atoms with Crippen molar-refractivity contribution in [2.24, 2.45) is 0 Å². The Hall–Kier alpha value is -1.37. The summed E-state index contributed by atoms with van der Waals surface area (Å²) in [7, 11) is 0. The monoisotopic (exact) mass is 348 g/mol. The lowest BCUT2D eigenvalue weighted by molar-refractivity contribution is -0.136. The van der Waals surface area contributed by atoms with E-state index in [2.05, 4.69) is 5.32 Å². The molecule has 1 saturated heterocycles. The van der Waals surface area contributed by atoms with Gasteiger partial charge in [0.15, 0.2) is 0 Å². The highest BCUT2D eigenvalue weighted by Gasteiger charge is 2.25. The molecule has 1 aliphatic heterocycles. The van der Waals surface area contributed by atoms with Crippen LogP contribution in [0.1, 0.15) is 17.3 Å². The van der Waals surface area contributed by atoms with E-state index in [1.807, 2.05) is 0 Å². The van der Waals surface area contributed by atoms with Gasteiger partial charge in [0.1, 0.15) is 11.9 Å². The van der Waals surface area contributed by atoms with Gasteiger partial charge in [-0.2, -0.15) is 0 Å². The maximum absolute atomic E-state index is 13.4. The van der Waals surface area contributed by atoms with Crippen LogP contribution >= 0.6 is 23.2 Å². The Bertz CT molecular complexity index is 592. The Morgan fingerprint density at radius 1 is 1.27 bits per heavy atom. The molecule has 8 heteroatoms. The molecule has 1 unspecified atom stereocenters. The average Bonchev–Trinajstić information content (AvgIpc) is 2.50. The van der Waals surface area contributed by atoms with Crippen LogP contribution in [0.4, 0.5) is 4.39 Å². The second-order valence-electron chi connectivity index (χ2n) is 4.88. The Morgan fingerprint density at radius 2 is 1.91 bits per heavy atom. The molecule has 1 atom stereocenters. The van der Waals surface area contributed by atoms with E-state index in [0.29, 0.717) is 26.3 Å². The molecule has 0 bridgehead atoms. The van der Waals surface area contributed by atoms with Gasteiger partial charge in [-0.25, -0.2) is 4.39 Å². The van der Waals surface area contributed by atoms with Gasteiger partial charge >= 0.3 is 0 Å². The summed E-state index contributed by atoms with van der Waals surface area (Å²) < 4.78 is 18.6. The molecule has 2 amide bonds. The molecule has 0 aromatic heterocycles. The summed E-state index contributed by atoms with van der Waals surface area (Å²) in [5, 5.41) is 2.37. The van der Waals surface area contributed by atoms with Crippen molar-refractivity contribution in [3.8, 4) is 0 Å². The summed E-state index contributed by atoms with van der Waals surface area (Å²) in [4.78, 5) is 25.9. The van der Waals surface area contributed by atoms with Crippen molar-refractivity contribution in [1.82, 2.24) is 10.2 Å². The first-order valence-corrected chi connectivity index (χ1v) is 7.47. The molecule has 1 aliphatic rings. The second-order valence-corrected chi connectivity index (χ2v) is 5.69. The van der Waals surface area contributed by atoms with Crippen LogP contribution in [0, 0.1) is 5.82 Å². The van der Waals surface area contributed by atoms with Crippen molar-refractivity contribution >= 4 is 35.0 Å². The standard InChI is InChI=1S/C14H15Cl2FN2O3/c1-8(14(21)19-2-4-22-5-3-19)18-13(20)9-6-12(17)11(16)7-10(9)15/h6-8H,2-5H2,1H3,(H,18,20). The highest BCUT2D eigenvalue weighted by molar-refractivity contribution is 6.36. The fraction of sp³-hybridized carbons (Fsp3) is 0.429. The molecule has 1 heterocycles. The number of halogens is 3. The molecular weight excluding hydrogens is 334 g/mol. The zero-order chi connectivity index (χ0) is 16.3. The van der Waals surface area contributed by atoms with Crippen LogP contribution in [0.3, 0.4) is 0 Å². The first kappa shape index (κ1) is 17.0. The van der Waals surface area contributed by atoms with Gasteiger partial charge < -0.3 is 15.0 Å². The number of morpholine rings is 1. The number of nitrogens with zero attached hydrogens (tertiary/aromatic N) is 1. The number of rotatable bonds is 3. The fourth-order valence-corrected chi connectivity index (χ4v) is 2.56. The van der Waals surface area contributed by atoms with E-state index < -0.39 is 17.8 Å². The summed E-state index contributed by atoms with van der Waals surface area (Å²) in [5.41, 5.74) is -0.0646. The number of carbonyl (C=O) groups excluding carboxylic acids is 2. The minimum Gasteiger partial charge on any atom is -0.378 e. The van der Waals surface area contributed by atoms with Crippen molar-refractivity contribution in [3.05, 3.63) is 33.6 Å². The summed E-state index contributed by atoms with van der Waals surface area (Å²) >= 11 is 11.5. The number of ether oxygens (including phenoxy) is 1. The largest absolute Gasteiger partial charge is 0.378 e. The molecule has 5 nitrogen and oxygen atoms in total. The molecule has 22 heavy (non-hydrogen) atoms. The van der Waals surface area contributed by atoms with Crippen molar-refractivity contribution < 1.29 is 18.7 Å². The van der Waals surface area contributed by atoms with Gasteiger partial charge in [0, 0.05) is 13.1 Å². The van der Waals surface area contributed by atoms with Crippen molar-refractivity contribution in [3.63, 3.8) is 0 Å². The zero-order valence-electron chi connectivity index (χ0n) is 11.9. The van der Waals surface area contributed by atoms with E-state index in [9.17, 15) is 14.0 Å². The molecule has 1 aromatic carbocycles. The zero-order valence-corrected chi connectivity index (χ0v) is 13.4. The van der Waals surface area contributed by atoms with Gasteiger partial charge in [0.05, 0.1) is 28.8 Å². The fourth-order valence-electron chi connectivity index (χ4n) is 2.09. The third kappa shape index (κ3) is 3.88. The van der Waals surface area contributed by atoms with Crippen molar-refractivity contribution in [2.45, 2.75) is 13.0 Å². The van der Waals surface area contributed by atoms with E-state index in [1.165, 1.54) is 0 Å². The highest BCUT2D eigenvalue weighted by atomic mass is 35.5. The molecule has 120 valence electrons. The maximum Gasteiger partial charge on any atom is 0.253 e. The maximum atomic E-state index is 13.4. The average molecular weight is 349 g/mol. The van der Waals surface area contributed by atoms with Crippen molar-refractivity contribution in [1.29, 1.82) is 0 Å². The molecule has 0 aliphatic carbocycles. The Kier molecular flexibility index (Phi) is 5.61. The van der Waals surface area contributed by atoms with Crippen LogP contribution in [0.25, 0.3) is 0 Å². The normalized spacial score (nSPS) is 16.3. The van der Waals surface area contributed by atoms with Gasteiger partial charge in [-0.05, 0) is 19.1 Å². The Balaban J connectivity index is 2.04. The number of benzene rings is 1. The van der Waals surface area contributed by atoms with Gasteiger partial charge in [-0.15, -0.1) is 0 Å². The third-order valence-corrected chi connectivity index (χ3v) is 3.90. The van der Waals surface area contributed by atoms with Crippen LogP contribution in [-0.2, 0) is 9.53 Å². The van der Waals surface area contributed by atoms with Gasteiger partial charge in [-0.1, -0.05) is 23.2 Å². The number of amides is 2. The molecule has 2 rings (SSSR count). The SMILES string of the molecule is CC(NC(=O)c1cc(F)c(Cl)cc1Cl)C(=O)N1CCOCC1. The lowest BCUT2D eigenvalue weighted by Crippen LogP contribution is -2.50. The number of hydrogen-bond donors (Lipinski definition) is 1. The van der Waals surface area contributed by atoms with Crippen LogP contribution in [0.2, 0.25) is 10.0 Å². The Labute approximate surface area is 137 Å². The van der Waals surface area contributed by atoms with E-state index in [1.54, 1.807) is 11.8 Å². The molecule has 1 aromatic rings. The van der Waals surface area contributed by atoms with E-state index in [-0.39, 0.29) is 21.5 Å². The van der Waals surface area contributed by atoms with Crippen molar-refractivity contribution in [2.75, 3.05) is 26.3 Å². The smallest absolute Gasteiger partial charge is 0.253 e. The van der Waals surface area contributed by atoms with Crippen LogP contribution < -0.4 is 5.32 Å². The molecule has 0 spiro atoms. The summed E-state index contributed by atoms with van der Waals surface area (Å²) in [5.74, 6) is -1.60. The second kappa shape index (κ2) is 7.26. The predicted octanol–water partition coefficient (Wildman–Crippen LogP) is 2.11. The minimum atomic E-state index is -0.750. The lowest BCUT2D eigenvalue weighted by Gasteiger charge is -2.29. The topological polar surface area (TPSA) is 58.6 Å². The molecular formula is C14H15Cl2FN2O3. The van der Waals surface area contributed by atoms with Gasteiger partial charge in [0.25, 0.3) is 5.91 Å². The number of hydrogen-bond acceptors (Lipinski definition) is 3. The van der Waals surface area contributed by atoms with Crippen LogP contribution in [-0.4, -0.2) is 49.1 Å². The number of nitrogens with one attached hydrogen (secondary N) is 1. The molecule has 1 fully saturated rings. The van der Waals surface area contributed by atoms with E-state index in [0.717, 1.165) is 12.1 Å². The summed E-state index contributed by atoms with van der Waals surface area (Å²) in [6.07, 6.45) is 0. The third-order valence-electron chi connectivity index (χ3n) is 3.30. The van der Waals surface area contributed by atoms with E-state index >= 15 is 0 Å². The lowest BCUT2D eigenvalue weighted by atomic mass is 10.2. The summed E-state index contributed by atoms with van der Waals surface area (Å²) in [6.45, 7) is 3.47. The van der Waals surface area contributed by atoms with E-state index in [4.69, 9.17) is 27.9 Å². The first-order valence-electron chi connectivity index (χ1n) is 6.72. The van der Waals surface area contributed by atoms with Gasteiger partial charge in [0.2, 0.25) is 5.91 Å².